The van der Waals surface area contributed by atoms with Crippen LogP contribution in [-0.4, -0.2) is 61.0 Å². The minimum Gasteiger partial charge on any atom is -0.337 e. The fourth-order valence-corrected chi connectivity index (χ4v) is 3.60. The zero-order valence-corrected chi connectivity index (χ0v) is 13.4. The molecule has 0 aromatic heterocycles. The number of piperazine rings is 1. The lowest BCUT2D eigenvalue weighted by molar-refractivity contribution is 0.0773. The molecule has 2 fully saturated rings. The third kappa shape index (κ3) is 3.44. The van der Waals surface area contributed by atoms with Gasteiger partial charge in [0.25, 0.3) is 5.91 Å². The Labute approximate surface area is 132 Å². The molecule has 0 radical (unpaired) electrons. The summed E-state index contributed by atoms with van der Waals surface area (Å²) in [6.07, 6.45) is 1.00. The molecule has 6 heteroatoms. The van der Waals surface area contributed by atoms with Gasteiger partial charge < -0.3 is 10.2 Å². The van der Waals surface area contributed by atoms with Crippen molar-refractivity contribution < 1.29 is 9.18 Å². The first-order valence-electron chi connectivity index (χ1n) is 7.33. The molecule has 2 heterocycles. The van der Waals surface area contributed by atoms with Gasteiger partial charge in [0, 0.05) is 55.3 Å². The standard InChI is InChI=1S/C15H19BrFN3O/c16-12-7-11(8-13(17)9-12)15(21)20-4-1-14(10-20)19-5-2-18-3-6-19/h7-9,14,18H,1-6,10H2. The molecule has 2 saturated heterocycles. The molecule has 1 aromatic rings. The second-order valence-electron chi connectivity index (χ2n) is 5.64. The van der Waals surface area contributed by atoms with Crippen LogP contribution < -0.4 is 5.32 Å². The van der Waals surface area contributed by atoms with E-state index in [9.17, 15) is 9.18 Å². The first-order valence-corrected chi connectivity index (χ1v) is 8.13. The van der Waals surface area contributed by atoms with Crippen LogP contribution in [0.3, 0.4) is 0 Å². The van der Waals surface area contributed by atoms with Crippen LogP contribution in [0, 0.1) is 5.82 Å². The molecule has 1 atom stereocenters. The SMILES string of the molecule is O=C(c1cc(F)cc(Br)c1)N1CCC(N2CCNCC2)C1. The molecule has 1 amide bonds. The van der Waals surface area contributed by atoms with E-state index in [1.54, 1.807) is 6.07 Å². The van der Waals surface area contributed by atoms with Gasteiger partial charge in [0.05, 0.1) is 0 Å². The van der Waals surface area contributed by atoms with E-state index in [4.69, 9.17) is 0 Å². The maximum absolute atomic E-state index is 13.4. The highest BCUT2D eigenvalue weighted by Crippen LogP contribution is 2.21. The average molecular weight is 356 g/mol. The van der Waals surface area contributed by atoms with Gasteiger partial charge in [-0.3, -0.25) is 9.69 Å². The van der Waals surface area contributed by atoms with Crippen molar-refractivity contribution in [2.45, 2.75) is 12.5 Å². The van der Waals surface area contributed by atoms with Crippen molar-refractivity contribution in [1.29, 1.82) is 0 Å². The zero-order chi connectivity index (χ0) is 14.8. The van der Waals surface area contributed by atoms with Crippen LogP contribution in [0.25, 0.3) is 0 Å². The van der Waals surface area contributed by atoms with Crippen molar-refractivity contribution >= 4 is 21.8 Å². The van der Waals surface area contributed by atoms with Crippen LogP contribution in [0.2, 0.25) is 0 Å². The van der Waals surface area contributed by atoms with E-state index in [0.717, 1.165) is 45.7 Å². The first kappa shape index (κ1) is 14.9. The number of likely N-dealkylation sites (tertiary alicyclic amines) is 1. The molecule has 0 bridgehead atoms. The number of nitrogens with zero attached hydrogens (tertiary/aromatic N) is 2. The lowest BCUT2D eigenvalue weighted by Gasteiger charge is -2.32. The predicted octanol–water partition coefficient (Wildman–Crippen LogP) is 1.71. The number of benzene rings is 1. The lowest BCUT2D eigenvalue weighted by atomic mass is 10.2. The number of nitrogens with one attached hydrogen (secondary N) is 1. The van der Waals surface area contributed by atoms with Gasteiger partial charge in [-0.1, -0.05) is 15.9 Å². The highest BCUT2D eigenvalue weighted by atomic mass is 79.9. The molecular weight excluding hydrogens is 337 g/mol. The molecule has 2 aliphatic rings. The topological polar surface area (TPSA) is 35.6 Å². The maximum atomic E-state index is 13.4. The number of hydrogen-bond donors (Lipinski definition) is 1. The number of carbonyl (C=O) groups is 1. The van der Waals surface area contributed by atoms with Crippen molar-refractivity contribution in [3.63, 3.8) is 0 Å². The Morgan fingerprint density at radius 2 is 2.00 bits per heavy atom. The van der Waals surface area contributed by atoms with Gasteiger partial charge in [-0.2, -0.15) is 0 Å². The van der Waals surface area contributed by atoms with Crippen molar-refractivity contribution in [1.82, 2.24) is 15.1 Å². The highest BCUT2D eigenvalue weighted by molar-refractivity contribution is 9.10. The summed E-state index contributed by atoms with van der Waals surface area (Å²) in [7, 11) is 0. The van der Waals surface area contributed by atoms with E-state index >= 15 is 0 Å². The second-order valence-corrected chi connectivity index (χ2v) is 6.55. The van der Waals surface area contributed by atoms with Gasteiger partial charge in [-0.15, -0.1) is 0 Å². The Kier molecular flexibility index (Phi) is 4.57. The van der Waals surface area contributed by atoms with Gasteiger partial charge in [-0.25, -0.2) is 4.39 Å². The van der Waals surface area contributed by atoms with E-state index in [2.05, 4.69) is 26.1 Å². The van der Waals surface area contributed by atoms with Crippen LogP contribution in [0.5, 0.6) is 0 Å². The van der Waals surface area contributed by atoms with Gasteiger partial charge in [-0.05, 0) is 24.6 Å². The summed E-state index contributed by atoms with van der Waals surface area (Å²) in [6.45, 7) is 5.60. The van der Waals surface area contributed by atoms with Crippen LogP contribution in [0.4, 0.5) is 4.39 Å². The highest BCUT2D eigenvalue weighted by Gasteiger charge is 2.31. The van der Waals surface area contributed by atoms with Crippen molar-refractivity contribution in [3.05, 3.63) is 34.1 Å². The molecule has 114 valence electrons. The summed E-state index contributed by atoms with van der Waals surface area (Å²) in [5.41, 5.74) is 0.419. The molecule has 21 heavy (non-hydrogen) atoms. The molecule has 0 spiro atoms. The molecule has 3 rings (SSSR count). The van der Waals surface area contributed by atoms with E-state index < -0.39 is 0 Å². The summed E-state index contributed by atoms with van der Waals surface area (Å²) in [4.78, 5) is 16.8. The van der Waals surface area contributed by atoms with Crippen LogP contribution in [0.1, 0.15) is 16.8 Å². The number of hydrogen-bond acceptors (Lipinski definition) is 3. The maximum Gasteiger partial charge on any atom is 0.254 e. The smallest absolute Gasteiger partial charge is 0.254 e. The van der Waals surface area contributed by atoms with Gasteiger partial charge in [0.2, 0.25) is 0 Å². The zero-order valence-electron chi connectivity index (χ0n) is 11.8. The van der Waals surface area contributed by atoms with E-state index in [1.165, 1.54) is 12.1 Å². The molecule has 4 nitrogen and oxygen atoms in total. The van der Waals surface area contributed by atoms with E-state index in [0.29, 0.717) is 16.1 Å². The lowest BCUT2D eigenvalue weighted by Crippen LogP contribution is -2.49. The Morgan fingerprint density at radius 3 is 2.71 bits per heavy atom. The van der Waals surface area contributed by atoms with Gasteiger partial charge in [0.15, 0.2) is 0 Å². The number of carbonyl (C=O) groups excluding carboxylic acids is 1. The summed E-state index contributed by atoms with van der Waals surface area (Å²) in [5, 5.41) is 3.34. The minimum absolute atomic E-state index is 0.0761. The Hall–Kier alpha value is -0.980. The first-order chi connectivity index (χ1) is 10.1. The van der Waals surface area contributed by atoms with E-state index in [-0.39, 0.29) is 11.7 Å². The third-order valence-corrected chi connectivity index (χ3v) is 4.69. The summed E-state index contributed by atoms with van der Waals surface area (Å²) < 4.78 is 14.0. The Balaban J connectivity index is 1.66. The number of halogens is 2. The van der Waals surface area contributed by atoms with Crippen LogP contribution in [-0.2, 0) is 0 Å². The average Bonchev–Trinajstić information content (AvgIpc) is 2.96. The molecular formula is C15H19BrFN3O. The second kappa shape index (κ2) is 6.42. The van der Waals surface area contributed by atoms with Crippen LogP contribution in [0.15, 0.2) is 22.7 Å². The summed E-state index contributed by atoms with van der Waals surface area (Å²) in [6, 6.07) is 4.80. The predicted molar refractivity (Wildman–Crippen MR) is 82.9 cm³/mol. The summed E-state index contributed by atoms with van der Waals surface area (Å²) >= 11 is 3.24. The van der Waals surface area contributed by atoms with E-state index in [1.807, 2.05) is 4.90 Å². The van der Waals surface area contributed by atoms with Crippen LogP contribution >= 0.6 is 15.9 Å². The number of amides is 1. The normalized spacial score (nSPS) is 23.5. The minimum atomic E-state index is -0.384. The molecule has 0 saturated carbocycles. The van der Waals surface area contributed by atoms with Crippen molar-refractivity contribution in [2.24, 2.45) is 0 Å². The largest absolute Gasteiger partial charge is 0.337 e. The third-order valence-electron chi connectivity index (χ3n) is 4.23. The van der Waals surface area contributed by atoms with Gasteiger partial charge in [0.1, 0.15) is 5.82 Å². The van der Waals surface area contributed by atoms with Crippen molar-refractivity contribution in [3.8, 4) is 0 Å². The molecule has 1 N–H and O–H groups in total. The molecule has 1 aromatic carbocycles. The quantitative estimate of drug-likeness (QED) is 0.877. The monoisotopic (exact) mass is 355 g/mol. The molecule has 2 aliphatic heterocycles. The summed E-state index contributed by atoms with van der Waals surface area (Å²) in [5.74, 6) is -0.460. The van der Waals surface area contributed by atoms with Gasteiger partial charge >= 0.3 is 0 Å². The molecule has 0 aliphatic carbocycles. The Morgan fingerprint density at radius 1 is 1.24 bits per heavy atom. The Bertz CT molecular complexity index is 513. The molecule has 1 unspecified atom stereocenters. The fourth-order valence-electron chi connectivity index (χ4n) is 3.13. The van der Waals surface area contributed by atoms with Crippen molar-refractivity contribution in [2.75, 3.05) is 39.3 Å². The number of rotatable bonds is 2. The fraction of sp³-hybridized carbons (Fsp3) is 0.533.